The standard InChI is InChI=1S/C11H16BrIN4O/c1-16-11(13)8(15)9(18)7(5-14)10(12)17-6-3-2-4-6/h5-6,9,15,18H,2-4,14H2,1H3. The quantitative estimate of drug-likeness (QED) is 0.463. The third-order valence-electron chi connectivity index (χ3n) is 2.77. The van der Waals surface area contributed by atoms with Gasteiger partial charge in [-0.15, -0.1) is 0 Å². The molecule has 1 aliphatic rings. The molecule has 18 heavy (non-hydrogen) atoms. The molecule has 1 fully saturated rings. The van der Waals surface area contributed by atoms with E-state index >= 15 is 0 Å². The normalized spacial score (nSPS) is 20.6. The Kier molecular flexibility index (Phi) is 6.44. The first-order valence-corrected chi connectivity index (χ1v) is 7.43. The lowest BCUT2D eigenvalue weighted by Gasteiger charge is -2.22. The number of hydrogen-bond acceptors (Lipinski definition) is 5. The van der Waals surface area contributed by atoms with Gasteiger partial charge in [-0.05, 0) is 57.8 Å². The highest BCUT2D eigenvalue weighted by Gasteiger charge is 2.24. The maximum atomic E-state index is 10.1. The van der Waals surface area contributed by atoms with Crippen LogP contribution in [0.3, 0.4) is 0 Å². The van der Waals surface area contributed by atoms with Crippen LogP contribution in [0.1, 0.15) is 19.3 Å². The molecule has 0 amide bonds. The molecule has 1 rings (SSSR count). The predicted octanol–water partition coefficient (Wildman–Crippen LogP) is 2.02. The van der Waals surface area contributed by atoms with Crippen LogP contribution in [0.2, 0.25) is 0 Å². The molecule has 1 unspecified atom stereocenters. The van der Waals surface area contributed by atoms with Crippen molar-refractivity contribution in [3.63, 3.8) is 0 Å². The Morgan fingerprint density at radius 2 is 2.22 bits per heavy atom. The third kappa shape index (κ3) is 3.86. The van der Waals surface area contributed by atoms with Crippen molar-refractivity contribution in [2.45, 2.75) is 31.4 Å². The zero-order valence-corrected chi connectivity index (χ0v) is 13.8. The van der Waals surface area contributed by atoms with Crippen molar-refractivity contribution in [3.05, 3.63) is 11.8 Å². The molecule has 0 bridgehead atoms. The number of nitrogens with zero attached hydrogens (tertiary/aromatic N) is 2. The lowest BCUT2D eigenvalue weighted by Crippen LogP contribution is -2.30. The van der Waals surface area contributed by atoms with Gasteiger partial charge in [0, 0.05) is 18.8 Å². The molecule has 7 heteroatoms. The fraction of sp³-hybridized carbons (Fsp3) is 0.545. The zero-order chi connectivity index (χ0) is 13.7. The van der Waals surface area contributed by atoms with E-state index in [9.17, 15) is 5.11 Å². The average molecular weight is 427 g/mol. The summed E-state index contributed by atoms with van der Waals surface area (Å²) < 4.78 is 0.968. The minimum Gasteiger partial charge on any atom is -0.404 e. The smallest absolute Gasteiger partial charge is 0.127 e. The van der Waals surface area contributed by atoms with Gasteiger partial charge in [0.1, 0.15) is 14.4 Å². The first kappa shape index (κ1) is 15.8. The molecule has 0 aromatic carbocycles. The van der Waals surface area contributed by atoms with E-state index in [0.29, 0.717) is 20.0 Å². The predicted molar refractivity (Wildman–Crippen MR) is 87.4 cm³/mol. The van der Waals surface area contributed by atoms with Crippen LogP contribution in [0.25, 0.3) is 0 Å². The topological polar surface area (TPSA) is 94.8 Å². The van der Waals surface area contributed by atoms with E-state index in [1.54, 1.807) is 7.05 Å². The molecule has 5 nitrogen and oxygen atoms in total. The highest BCUT2D eigenvalue weighted by Crippen LogP contribution is 2.24. The SMILES string of the molecule is CN=C(I)C(=N)C(O)C(=CN)C(Br)=NC1CCC1. The minimum absolute atomic E-state index is 0.0237. The van der Waals surface area contributed by atoms with Gasteiger partial charge in [0.25, 0.3) is 0 Å². The molecule has 0 heterocycles. The van der Waals surface area contributed by atoms with Crippen LogP contribution in [0.15, 0.2) is 21.8 Å². The lowest BCUT2D eigenvalue weighted by molar-refractivity contribution is 0.284. The number of aliphatic hydroxyl groups excluding tert-OH is 1. The molecule has 1 aliphatic carbocycles. The zero-order valence-electron chi connectivity index (χ0n) is 10.0. The molecule has 0 saturated heterocycles. The van der Waals surface area contributed by atoms with Gasteiger partial charge in [0.15, 0.2) is 0 Å². The van der Waals surface area contributed by atoms with Crippen molar-refractivity contribution < 1.29 is 5.11 Å². The molecule has 1 atom stereocenters. The summed E-state index contributed by atoms with van der Waals surface area (Å²) in [7, 11) is 1.58. The fourth-order valence-electron chi connectivity index (χ4n) is 1.41. The van der Waals surface area contributed by atoms with Gasteiger partial charge in [0.05, 0.1) is 11.8 Å². The van der Waals surface area contributed by atoms with Crippen LogP contribution >= 0.6 is 38.5 Å². The van der Waals surface area contributed by atoms with E-state index in [2.05, 4.69) is 25.9 Å². The number of aliphatic imine (C=N–C) groups is 2. The molecule has 0 aliphatic heterocycles. The molecular formula is C11H16BrIN4O. The summed E-state index contributed by atoms with van der Waals surface area (Å²) in [6.07, 6.45) is 3.49. The number of aliphatic hydroxyl groups is 1. The monoisotopic (exact) mass is 426 g/mol. The van der Waals surface area contributed by atoms with Gasteiger partial charge in [-0.1, -0.05) is 0 Å². The summed E-state index contributed by atoms with van der Waals surface area (Å²) in [6.45, 7) is 0. The largest absolute Gasteiger partial charge is 0.404 e. The van der Waals surface area contributed by atoms with Crippen LogP contribution < -0.4 is 5.73 Å². The van der Waals surface area contributed by atoms with Gasteiger partial charge in [-0.2, -0.15) is 0 Å². The number of halogens is 2. The van der Waals surface area contributed by atoms with E-state index in [1.165, 1.54) is 12.6 Å². The molecule has 1 saturated carbocycles. The van der Waals surface area contributed by atoms with Crippen LogP contribution in [0.5, 0.6) is 0 Å². The van der Waals surface area contributed by atoms with Crippen molar-refractivity contribution in [2.75, 3.05) is 7.05 Å². The second kappa shape index (κ2) is 7.34. The Morgan fingerprint density at radius 3 is 2.61 bits per heavy atom. The minimum atomic E-state index is -1.11. The number of nitrogens with one attached hydrogen (secondary N) is 1. The van der Waals surface area contributed by atoms with Gasteiger partial charge in [-0.3, -0.25) is 15.4 Å². The Hall–Kier alpha value is -0.280. The van der Waals surface area contributed by atoms with Crippen LogP contribution in [-0.4, -0.2) is 38.4 Å². The Balaban J connectivity index is 2.83. The second-order valence-corrected chi connectivity index (χ2v) is 5.73. The van der Waals surface area contributed by atoms with Crippen LogP contribution in [-0.2, 0) is 0 Å². The van der Waals surface area contributed by atoms with Crippen molar-refractivity contribution >= 4 is 52.6 Å². The highest BCUT2D eigenvalue weighted by molar-refractivity contribution is 14.1. The molecular weight excluding hydrogens is 411 g/mol. The summed E-state index contributed by atoms with van der Waals surface area (Å²) >= 11 is 5.23. The van der Waals surface area contributed by atoms with Crippen molar-refractivity contribution in [1.82, 2.24) is 0 Å². The van der Waals surface area contributed by atoms with Gasteiger partial charge < -0.3 is 10.8 Å². The second-order valence-electron chi connectivity index (χ2n) is 3.96. The van der Waals surface area contributed by atoms with E-state index in [1.807, 2.05) is 22.6 Å². The highest BCUT2D eigenvalue weighted by atomic mass is 127. The van der Waals surface area contributed by atoms with Gasteiger partial charge in [0.2, 0.25) is 0 Å². The van der Waals surface area contributed by atoms with Gasteiger partial charge >= 0.3 is 0 Å². The summed E-state index contributed by atoms with van der Waals surface area (Å²) in [5.41, 5.74) is 5.95. The summed E-state index contributed by atoms with van der Waals surface area (Å²) in [5, 5.41) is 17.9. The van der Waals surface area contributed by atoms with E-state index in [0.717, 1.165) is 12.8 Å². The lowest BCUT2D eigenvalue weighted by atomic mass is 9.94. The number of rotatable bonds is 5. The molecule has 0 aromatic heterocycles. The fourth-order valence-corrected chi connectivity index (χ4v) is 2.35. The van der Waals surface area contributed by atoms with E-state index in [4.69, 9.17) is 11.1 Å². The molecule has 0 aromatic rings. The molecule has 0 radical (unpaired) electrons. The first-order valence-electron chi connectivity index (χ1n) is 5.55. The Labute approximate surface area is 128 Å². The Morgan fingerprint density at radius 1 is 1.61 bits per heavy atom. The maximum absolute atomic E-state index is 10.1. The maximum Gasteiger partial charge on any atom is 0.127 e. The van der Waals surface area contributed by atoms with Crippen LogP contribution in [0, 0.1) is 5.41 Å². The van der Waals surface area contributed by atoms with E-state index in [-0.39, 0.29) is 5.71 Å². The number of hydrogen-bond donors (Lipinski definition) is 3. The number of nitrogens with two attached hydrogens (primary N) is 1. The third-order valence-corrected chi connectivity index (χ3v) is 4.50. The summed E-state index contributed by atoms with van der Waals surface area (Å²) in [6, 6.07) is 0.301. The first-order chi connectivity index (χ1) is 8.51. The Bertz CT molecular complexity index is 415. The van der Waals surface area contributed by atoms with Crippen LogP contribution in [0.4, 0.5) is 0 Å². The molecule has 0 spiro atoms. The van der Waals surface area contributed by atoms with Gasteiger partial charge in [-0.25, -0.2) is 0 Å². The van der Waals surface area contributed by atoms with Crippen molar-refractivity contribution in [2.24, 2.45) is 15.7 Å². The van der Waals surface area contributed by atoms with E-state index < -0.39 is 6.10 Å². The average Bonchev–Trinajstić information content (AvgIpc) is 2.32. The van der Waals surface area contributed by atoms with Crippen molar-refractivity contribution in [1.29, 1.82) is 5.41 Å². The summed E-state index contributed by atoms with van der Waals surface area (Å²) in [5.74, 6) is 0. The van der Waals surface area contributed by atoms with Crippen molar-refractivity contribution in [3.8, 4) is 0 Å². The molecule has 100 valence electrons. The molecule has 4 N–H and O–H groups in total. The summed E-state index contributed by atoms with van der Waals surface area (Å²) in [4.78, 5) is 8.30.